The highest BCUT2D eigenvalue weighted by atomic mass is 31.0. The maximum Gasteiger partial charge on any atom is 0.152 e. The summed E-state index contributed by atoms with van der Waals surface area (Å²) in [5, 5.41) is 4.06. The Morgan fingerprint density at radius 2 is 2.14 bits per heavy atom. The van der Waals surface area contributed by atoms with Gasteiger partial charge in [-0.1, -0.05) is 19.1 Å². The molecule has 1 fully saturated rings. The molecular weight excluding hydrogens is 378 g/mol. The van der Waals surface area contributed by atoms with E-state index in [0.29, 0.717) is 36.6 Å². The molecule has 2 unspecified atom stereocenters. The molecule has 0 radical (unpaired) electrons. The van der Waals surface area contributed by atoms with Gasteiger partial charge in [-0.2, -0.15) is 0 Å². The fourth-order valence-electron chi connectivity index (χ4n) is 3.11. The first kappa shape index (κ1) is 22.9. The molecule has 1 aliphatic heterocycles. The molecule has 6 nitrogen and oxygen atoms in total. The Kier molecular flexibility index (Phi) is 9.99. The highest BCUT2D eigenvalue weighted by Gasteiger charge is 2.15. The average Bonchev–Trinajstić information content (AvgIpc) is 2.70. The van der Waals surface area contributed by atoms with Gasteiger partial charge in [0.2, 0.25) is 0 Å². The minimum Gasteiger partial charge on any atom is -0.492 e. The van der Waals surface area contributed by atoms with Crippen molar-refractivity contribution in [2.24, 2.45) is 11.5 Å². The van der Waals surface area contributed by atoms with Crippen molar-refractivity contribution in [3.05, 3.63) is 41.2 Å². The van der Waals surface area contributed by atoms with Crippen LogP contribution < -0.4 is 22.1 Å². The van der Waals surface area contributed by atoms with E-state index in [4.69, 9.17) is 20.9 Å². The van der Waals surface area contributed by atoms with Crippen molar-refractivity contribution in [3.8, 4) is 0 Å². The highest BCUT2D eigenvalue weighted by Crippen LogP contribution is 2.12. The van der Waals surface area contributed by atoms with Gasteiger partial charge in [0.1, 0.15) is 11.6 Å². The summed E-state index contributed by atoms with van der Waals surface area (Å²) in [6.07, 6.45) is 2.14. The molecule has 0 amide bonds. The van der Waals surface area contributed by atoms with Gasteiger partial charge in [0, 0.05) is 26.1 Å². The highest BCUT2D eigenvalue weighted by molar-refractivity contribution is 7.27. The number of nitrogens with one attached hydrogen (secondary N) is 1. The summed E-state index contributed by atoms with van der Waals surface area (Å²) in [4.78, 5) is 2.38. The molecule has 0 aliphatic carbocycles. The molecule has 28 heavy (non-hydrogen) atoms. The topological polar surface area (TPSA) is 85.8 Å². The number of ether oxygens (including phenoxy) is 2. The summed E-state index contributed by atoms with van der Waals surface area (Å²) in [6, 6.07) is 4.73. The maximum absolute atomic E-state index is 14.0. The zero-order valence-corrected chi connectivity index (χ0v) is 17.9. The molecule has 5 N–H and O–H groups in total. The van der Waals surface area contributed by atoms with Crippen LogP contribution in [-0.2, 0) is 15.9 Å². The summed E-state index contributed by atoms with van der Waals surface area (Å²) in [7, 11) is 2.56. The number of morpholine rings is 1. The first-order valence-electron chi connectivity index (χ1n) is 9.97. The zero-order valence-electron chi connectivity index (χ0n) is 16.8. The van der Waals surface area contributed by atoms with Crippen LogP contribution in [0.25, 0.3) is 0 Å². The van der Waals surface area contributed by atoms with E-state index in [1.54, 1.807) is 6.07 Å². The standard InChI is InChI=1S/C20H34FN4O2P/c1-2-17(22)19(27-12-7-15-16(21)5-3-6-18(15)28)20(23)24-8-4-9-25-10-13-26-14-11-25/h3,5-6,17,24H,2,4,7-14,22-23,28H2,1H3/b20-19+. The number of halogens is 1. The fourth-order valence-corrected chi connectivity index (χ4v) is 3.50. The van der Waals surface area contributed by atoms with Crippen LogP contribution in [0.3, 0.4) is 0 Å². The van der Waals surface area contributed by atoms with E-state index >= 15 is 0 Å². The predicted octanol–water partition coefficient (Wildman–Crippen LogP) is 1.06. The normalized spacial score (nSPS) is 17.1. The van der Waals surface area contributed by atoms with Crippen molar-refractivity contribution in [2.75, 3.05) is 46.0 Å². The van der Waals surface area contributed by atoms with Gasteiger partial charge < -0.3 is 26.3 Å². The van der Waals surface area contributed by atoms with Crippen molar-refractivity contribution < 1.29 is 13.9 Å². The first-order valence-corrected chi connectivity index (χ1v) is 10.6. The Morgan fingerprint density at radius 3 is 2.82 bits per heavy atom. The largest absolute Gasteiger partial charge is 0.492 e. The van der Waals surface area contributed by atoms with Crippen LogP contribution >= 0.6 is 9.24 Å². The summed E-state index contributed by atoms with van der Waals surface area (Å²) in [5.41, 5.74) is 13.0. The summed E-state index contributed by atoms with van der Waals surface area (Å²) in [5.74, 6) is 0.794. The Balaban J connectivity index is 1.84. The van der Waals surface area contributed by atoms with E-state index in [0.717, 1.165) is 51.1 Å². The molecule has 0 bridgehead atoms. The number of hydrogen-bond donors (Lipinski definition) is 3. The Hall–Kier alpha value is -1.40. The third-order valence-corrected chi connectivity index (χ3v) is 5.42. The third-order valence-electron chi connectivity index (χ3n) is 4.88. The fraction of sp³-hybridized carbons (Fsp3) is 0.600. The van der Waals surface area contributed by atoms with Crippen molar-refractivity contribution in [2.45, 2.75) is 32.2 Å². The molecule has 158 valence electrons. The number of nitrogens with zero attached hydrogens (tertiary/aromatic N) is 1. The number of nitrogens with two attached hydrogens (primary N) is 2. The average molecular weight is 412 g/mol. The molecule has 1 saturated heterocycles. The first-order chi connectivity index (χ1) is 13.5. The van der Waals surface area contributed by atoms with Gasteiger partial charge in [-0.15, -0.1) is 9.24 Å². The van der Waals surface area contributed by atoms with E-state index in [2.05, 4.69) is 19.5 Å². The van der Waals surface area contributed by atoms with E-state index in [9.17, 15) is 4.39 Å². The van der Waals surface area contributed by atoms with Crippen LogP contribution in [0.2, 0.25) is 0 Å². The van der Waals surface area contributed by atoms with Gasteiger partial charge in [0.25, 0.3) is 0 Å². The minimum absolute atomic E-state index is 0.226. The van der Waals surface area contributed by atoms with Crippen LogP contribution in [0, 0.1) is 5.82 Å². The van der Waals surface area contributed by atoms with Crippen molar-refractivity contribution in [3.63, 3.8) is 0 Å². The SMILES string of the molecule is CCC(N)/C(OCCc1c(F)cccc1P)=C(/N)NCCCN1CCOCC1. The summed E-state index contributed by atoms with van der Waals surface area (Å²) < 4.78 is 25.2. The molecule has 8 heteroatoms. The van der Waals surface area contributed by atoms with Gasteiger partial charge in [-0.3, -0.25) is 4.90 Å². The van der Waals surface area contributed by atoms with Gasteiger partial charge in [0.15, 0.2) is 5.76 Å². The lowest BCUT2D eigenvalue weighted by molar-refractivity contribution is 0.0375. The van der Waals surface area contributed by atoms with Crippen LogP contribution in [-0.4, -0.2) is 56.9 Å². The van der Waals surface area contributed by atoms with Crippen molar-refractivity contribution in [1.29, 1.82) is 0 Å². The Morgan fingerprint density at radius 1 is 1.39 bits per heavy atom. The van der Waals surface area contributed by atoms with Crippen LogP contribution in [0.5, 0.6) is 0 Å². The van der Waals surface area contributed by atoms with Gasteiger partial charge in [-0.05, 0) is 36.3 Å². The Bertz CT molecular complexity index is 618. The lowest BCUT2D eigenvalue weighted by Crippen LogP contribution is -2.38. The summed E-state index contributed by atoms with van der Waals surface area (Å²) in [6.45, 7) is 7.62. The molecule has 1 heterocycles. The quantitative estimate of drug-likeness (QED) is 0.286. The monoisotopic (exact) mass is 412 g/mol. The van der Waals surface area contributed by atoms with E-state index in [-0.39, 0.29) is 11.9 Å². The lowest BCUT2D eigenvalue weighted by Gasteiger charge is -2.26. The second-order valence-electron chi connectivity index (χ2n) is 6.93. The molecule has 1 aromatic carbocycles. The second-order valence-corrected chi connectivity index (χ2v) is 7.56. The van der Waals surface area contributed by atoms with Crippen LogP contribution in [0.4, 0.5) is 4.39 Å². The third kappa shape index (κ3) is 7.21. The Labute approximate surface area is 170 Å². The van der Waals surface area contributed by atoms with Gasteiger partial charge >= 0.3 is 0 Å². The molecule has 2 rings (SSSR count). The van der Waals surface area contributed by atoms with E-state index in [1.165, 1.54) is 6.07 Å². The molecule has 0 saturated carbocycles. The van der Waals surface area contributed by atoms with Crippen LogP contribution in [0.15, 0.2) is 29.8 Å². The lowest BCUT2D eigenvalue weighted by atomic mass is 10.1. The van der Waals surface area contributed by atoms with Gasteiger partial charge in [0.05, 0.1) is 25.9 Å². The van der Waals surface area contributed by atoms with Crippen molar-refractivity contribution >= 4 is 14.5 Å². The van der Waals surface area contributed by atoms with Crippen molar-refractivity contribution in [1.82, 2.24) is 10.2 Å². The van der Waals surface area contributed by atoms with E-state index in [1.807, 2.05) is 13.0 Å². The number of hydrogen-bond acceptors (Lipinski definition) is 6. The number of rotatable bonds is 11. The predicted molar refractivity (Wildman–Crippen MR) is 115 cm³/mol. The van der Waals surface area contributed by atoms with E-state index < -0.39 is 0 Å². The molecular formula is C20H34FN4O2P. The van der Waals surface area contributed by atoms with Gasteiger partial charge in [-0.25, -0.2) is 4.39 Å². The second kappa shape index (κ2) is 12.2. The maximum atomic E-state index is 14.0. The zero-order chi connectivity index (χ0) is 20.4. The summed E-state index contributed by atoms with van der Waals surface area (Å²) >= 11 is 0. The molecule has 2 atom stereocenters. The minimum atomic E-state index is -0.289. The smallest absolute Gasteiger partial charge is 0.152 e. The molecule has 0 aromatic heterocycles. The molecule has 0 spiro atoms. The number of benzene rings is 1. The molecule has 1 aromatic rings. The van der Waals surface area contributed by atoms with Crippen LogP contribution in [0.1, 0.15) is 25.3 Å². The molecule has 1 aliphatic rings.